The number of aliphatic hydroxyl groups excluding tert-OH is 1. The fraction of sp³-hybridized carbons (Fsp3) is 1.00. The Morgan fingerprint density at radius 3 is 1.89 bits per heavy atom. The molecule has 0 bridgehead atoms. The minimum absolute atomic E-state index is 0.0231. The van der Waals surface area contributed by atoms with Crippen LogP contribution in [0, 0.1) is 5.92 Å². The molecule has 0 radical (unpaired) electrons. The van der Waals surface area contributed by atoms with Crippen molar-refractivity contribution in [2.45, 2.75) is 46.1 Å². The van der Waals surface area contributed by atoms with E-state index in [1.165, 1.54) is 6.42 Å². The van der Waals surface area contributed by atoms with Gasteiger partial charge in [0.05, 0.1) is 6.10 Å². The third-order valence-electron chi connectivity index (χ3n) is 1.67. The molecule has 0 heterocycles. The van der Waals surface area contributed by atoms with E-state index >= 15 is 0 Å². The van der Waals surface area contributed by atoms with Gasteiger partial charge in [-0.2, -0.15) is 0 Å². The Hall–Kier alpha value is -0.0400. The standard InChI is InChI=1S/C6H12O.C2H6/c1-5-2-3-6(7)4-5;1-2/h5-7H,2-4H2,1H3;1-2H3/t5-,6+;/m0./s1. The summed E-state index contributed by atoms with van der Waals surface area (Å²) in [7, 11) is 0. The smallest absolute Gasteiger partial charge is 0.0542 e. The monoisotopic (exact) mass is 130 g/mol. The lowest BCUT2D eigenvalue weighted by molar-refractivity contribution is 0.179. The Balaban J connectivity index is 0.000000291. The molecular formula is C8H18O. The van der Waals surface area contributed by atoms with Crippen LogP contribution < -0.4 is 0 Å². The minimum atomic E-state index is 0.0231. The van der Waals surface area contributed by atoms with Gasteiger partial charge in [0.25, 0.3) is 0 Å². The fourth-order valence-electron chi connectivity index (χ4n) is 1.18. The molecule has 0 aromatic rings. The van der Waals surface area contributed by atoms with Crippen LogP contribution in [0.4, 0.5) is 0 Å². The summed E-state index contributed by atoms with van der Waals surface area (Å²) in [6, 6.07) is 0. The van der Waals surface area contributed by atoms with Gasteiger partial charge in [0.15, 0.2) is 0 Å². The first-order valence-electron chi connectivity index (χ1n) is 3.97. The molecule has 0 aliphatic heterocycles. The van der Waals surface area contributed by atoms with Crippen molar-refractivity contribution in [3.63, 3.8) is 0 Å². The highest BCUT2D eigenvalue weighted by molar-refractivity contribution is 4.70. The molecule has 0 aromatic heterocycles. The zero-order valence-corrected chi connectivity index (χ0v) is 6.72. The van der Waals surface area contributed by atoms with E-state index in [2.05, 4.69) is 6.92 Å². The first-order chi connectivity index (χ1) is 4.29. The molecule has 1 heteroatoms. The highest BCUT2D eigenvalue weighted by Gasteiger charge is 2.17. The number of rotatable bonds is 0. The van der Waals surface area contributed by atoms with Gasteiger partial charge in [-0.15, -0.1) is 0 Å². The maximum atomic E-state index is 8.90. The molecule has 2 atom stereocenters. The maximum absolute atomic E-state index is 8.90. The average molecular weight is 130 g/mol. The Bertz CT molecular complexity index is 53.6. The van der Waals surface area contributed by atoms with Crippen molar-refractivity contribution in [2.75, 3.05) is 0 Å². The van der Waals surface area contributed by atoms with Crippen LogP contribution in [-0.4, -0.2) is 11.2 Å². The van der Waals surface area contributed by atoms with Gasteiger partial charge in [-0.1, -0.05) is 20.8 Å². The van der Waals surface area contributed by atoms with E-state index in [1.54, 1.807) is 0 Å². The summed E-state index contributed by atoms with van der Waals surface area (Å²) in [5.41, 5.74) is 0. The predicted molar refractivity (Wildman–Crippen MR) is 40.4 cm³/mol. The van der Waals surface area contributed by atoms with E-state index in [4.69, 9.17) is 5.11 Å². The van der Waals surface area contributed by atoms with Gasteiger partial charge in [0.2, 0.25) is 0 Å². The molecular weight excluding hydrogens is 112 g/mol. The SMILES string of the molecule is CC.C[C@H]1CC[C@@H](O)C1. The lowest BCUT2D eigenvalue weighted by atomic mass is 10.1. The topological polar surface area (TPSA) is 20.2 Å². The number of hydrogen-bond donors (Lipinski definition) is 1. The van der Waals surface area contributed by atoms with Crippen molar-refractivity contribution in [1.29, 1.82) is 0 Å². The van der Waals surface area contributed by atoms with Crippen LogP contribution in [0.3, 0.4) is 0 Å². The van der Waals surface area contributed by atoms with E-state index in [1.807, 2.05) is 13.8 Å². The molecule has 1 nitrogen and oxygen atoms in total. The fourth-order valence-corrected chi connectivity index (χ4v) is 1.18. The molecule has 1 N–H and O–H groups in total. The van der Waals surface area contributed by atoms with Crippen LogP contribution in [-0.2, 0) is 0 Å². The molecule has 1 fully saturated rings. The van der Waals surface area contributed by atoms with E-state index in [0.29, 0.717) is 0 Å². The molecule has 9 heavy (non-hydrogen) atoms. The first kappa shape index (κ1) is 8.96. The average Bonchev–Trinajstić information content (AvgIpc) is 2.20. The van der Waals surface area contributed by atoms with Crippen molar-refractivity contribution in [1.82, 2.24) is 0 Å². The van der Waals surface area contributed by atoms with E-state index in [-0.39, 0.29) is 6.10 Å². The van der Waals surface area contributed by atoms with Gasteiger partial charge in [-0.3, -0.25) is 0 Å². The summed E-state index contributed by atoms with van der Waals surface area (Å²) >= 11 is 0. The lowest BCUT2D eigenvalue weighted by Gasteiger charge is -1.95. The van der Waals surface area contributed by atoms with E-state index < -0.39 is 0 Å². The minimum Gasteiger partial charge on any atom is -0.393 e. The van der Waals surface area contributed by atoms with Gasteiger partial charge < -0.3 is 5.11 Å². The zero-order chi connectivity index (χ0) is 7.28. The van der Waals surface area contributed by atoms with Gasteiger partial charge >= 0.3 is 0 Å². The van der Waals surface area contributed by atoms with Gasteiger partial charge in [0, 0.05) is 0 Å². The zero-order valence-electron chi connectivity index (χ0n) is 6.72. The number of aliphatic hydroxyl groups is 1. The van der Waals surface area contributed by atoms with Crippen molar-refractivity contribution in [2.24, 2.45) is 5.92 Å². The largest absolute Gasteiger partial charge is 0.393 e. The molecule has 56 valence electrons. The Labute approximate surface area is 58.1 Å². The second-order valence-electron chi connectivity index (χ2n) is 2.57. The molecule has 1 rings (SSSR count). The second-order valence-corrected chi connectivity index (χ2v) is 2.57. The third kappa shape index (κ3) is 3.52. The molecule has 0 aromatic carbocycles. The van der Waals surface area contributed by atoms with E-state index in [0.717, 1.165) is 18.8 Å². The molecule has 1 aliphatic rings. The highest BCUT2D eigenvalue weighted by atomic mass is 16.3. The summed E-state index contributed by atoms with van der Waals surface area (Å²) in [5.74, 6) is 0.773. The lowest BCUT2D eigenvalue weighted by Crippen LogP contribution is -1.97. The maximum Gasteiger partial charge on any atom is 0.0542 e. The normalized spacial score (nSPS) is 33.3. The van der Waals surface area contributed by atoms with Gasteiger partial charge in [-0.25, -0.2) is 0 Å². The molecule has 0 unspecified atom stereocenters. The van der Waals surface area contributed by atoms with Crippen LogP contribution in [0.1, 0.15) is 40.0 Å². The first-order valence-corrected chi connectivity index (χ1v) is 3.97. The van der Waals surface area contributed by atoms with Gasteiger partial charge in [-0.05, 0) is 25.2 Å². The summed E-state index contributed by atoms with van der Waals surface area (Å²) < 4.78 is 0. The van der Waals surface area contributed by atoms with Crippen LogP contribution >= 0.6 is 0 Å². The summed E-state index contributed by atoms with van der Waals surface area (Å²) in [6.07, 6.45) is 3.30. The van der Waals surface area contributed by atoms with E-state index in [9.17, 15) is 0 Å². The molecule has 0 saturated heterocycles. The van der Waals surface area contributed by atoms with Gasteiger partial charge in [0.1, 0.15) is 0 Å². The summed E-state index contributed by atoms with van der Waals surface area (Å²) in [5, 5.41) is 8.90. The van der Waals surface area contributed by atoms with Crippen molar-refractivity contribution in [3.05, 3.63) is 0 Å². The Morgan fingerprint density at radius 1 is 1.22 bits per heavy atom. The Kier molecular flexibility index (Phi) is 4.78. The van der Waals surface area contributed by atoms with Crippen LogP contribution in [0.5, 0.6) is 0 Å². The van der Waals surface area contributed by atoms with Crippen LogP contribution in [0.25, 0.3) is 0 Å². The van der Waals surface area contributed by atoms with Crippen LogP contribution in [0.15, 0.2) is 0 Å². The summed E-state index contributed by atoms with van der Waals surface area (Å²) in [6.45, 7) is 6.19. The highest BCUT2D eigenvalue weighted by Crippen LogP contribution is 2.23. The van der Waals surface area contributed by atoms with Crippen LogP contribution in [0.2, 0.25) is 0 Å². The number of hydrogen-bond acceptors (Lipinski definition) is 1. The molecule has 1 aliphatic carbocycles. The molecule has 0 amide bonds. The second kappa shape index (κ2) is 4.80. The summed E-state index contributed by atoms with van der Waals surface area (Å²) in [4.78, 5) is 0. The molecule has 0 spiro atoms. The predicted octanol–water partition coefficient (Wildman–Crippen LogP) is 2.19. The van der Waals surface area contributed by atoms with Crippen molar-refractivity contribution in [3.8, 4) is 0 Å². The molecule has 1 saturated carbocycles. The van der Waals surface area contributed by atoms with Crippen molar-refractivity contribution >= 4 is 0 Å². The third-order valence-corrected chi connectivity index (χ3v) is 1.67. The Morgan fingerprint density at radius 2 is 1.78 bits per heavy atom. The quantitative estimate of drug-likeness (QED) is 0.533. The van der Waals surface area contributed by atoms with Crippen molar-refractivity contribution < 1.29 is 5.11 Å².